The zero-order valence-corrected chi connectivity index (χ0v) is 12.1. The van der Waals surface area contributed by atoms with E-state index in [2.05, 4.69) is 20.6 Å². The quantitative estimate of drug-likeness (QED) is 0.744. The van der Waals surface area contributed by atoms with Crippen LogP contribution in [-0.2, 0) is 6.54 Å². The van der Waals surface area contributed by atoms with Crippen molar-refractivity contribution in [2.24, 2.45) is 0 Å². The number of para-hydroxylation sites is 1. The Labute approximate surface area is 132 Å². The maximum absolute atomic E-state index is 13.6. The van der Waals surface area contributed by atoms with Gasteiger partial charge in [-0.25, -0.2) is 18.7 Å². The fourth-order valence-corrected chi connectivity index (χ4v) is 2.02. The van der Waals surface area contributed by atoms with Crippen LogP contribution in [0.4, 0.5) is 26.1 Å². The molecule has 2 aromatic carbocycles. The molecule has 0 spiro atoms. The van der Waals surface area contributed by atoms with Crippen molar-refractivity contribution in [3.05, 3.63) is 78.1 Å². The Morgan fingerprint density at radius 2 is 1.61 bits per heavy atom. The SMILES string of the molecule is Fc1ccc(CNc2cc(Nc3ccccc3F)ncn2)cc1. The third kappa shape index (κ3) is 4.00. The Morgan fingerprint density at radius 1 is 0.870 bits per heavy atom. The second-order valence-electron chi connectivity index (χ2n) is 4.87. The zero-order chi connectivity index (χ0) is 16.1. The molecular formula is C17H14F2N4. The predicted octanol–water partition coefficient (Wildman–Crippen LogP) is 4.11. The van der Waals surface area contributed by atoms with Crippen LogP contribution in [0.25, 0.3) is 0 Å². The Bertz CT molecular complexity index is 791. The van der Waals surface area contributed by atoms with Crippen LogP contribution in [0, 0.1) is 11.6 Å². The van der Waals surface area contributed by atoms with Crippen LogP contribution in [0.5, 0.6) is 0 Å². The molecule has 2 N–H and O–H groups in total. The Kier molecular flexibility index (Phi) is 4.42. The van der Waals surface area contributed by atoms with Crippen molar-refractivity contribution in [1.82, 2.24) is 9.97 Å². The second kappa shape index (κ2) is 6.83. The van der Waals surface area contributed by atoms with Gasteiger partial charge in [-0.1, -0.05) is 24.3 Å². The first-order chi connectivity index (χ1) is 11.2. The number of nitrogens with one attached hydrogen (secondary N) is 2. The van der Waals surface area contributed by atoms with Crippen molar-refractivity contribution in [3.63, 3.8) is 0 Å². The van der Waals surface area contributed by atoms with Crippen molar-refractivity contribution in [2.45, 2.75) is 6.54 Å². The smallest absolute Gasteiger partial charge is 0.146 e. The molecule has 0 radical (unpaired) electrons. The van der Waals surface area contributed by atoms with E-state index in [1.54, 1.807) is 36.4 Å². The topological polar surface area (TPSA) is 49.8 Å². The van der Waals surface area contributed by atoms with Crippen molar-refractivity contribution < 1.29 is 8.78 Å². The van der Waals surface area contributed by atoms with Crippen LogP contribution in [0.1, 0.15) is 5.56 Å². The van der Waals surface area contributed by atoms with Gasteiger partial charge in [0.05, 0.1) is 5.69 Å². The third-order valence-electron chi connectivity index (χ3n) is 3.19. The highest BCUT2D eigenvalue weighted by Crippen LogP contribution is 2.19. The van der Waals surface area contributed by atoms with E-state index in [0.29, 0.717) is 23.9 Å². The summed E-state index contributed by atoms with van der Waals surface area (Å²) in [5, 5.41) is 6.02. The van der Waals surface area contributed by atoms with E-state index in [1.807, 2.05) is 0 Å². The lowest BCUT2D eigenvalue weighted by Gasteiger charge is -2.09. The van der Waals surface area contributed by atoms with Gasteiger partial charge in [-0.15, -0.1) is 0 Å². The summed E-state index contributed by atoms with van der Waals surface area (Å²) in [6.07, 6.45) is 1.39. The van der Waals surface area contributed by atoms with E-state index in [0.717, 1.165) is 5.56 Å². The standard InChI is InChI=1S/C17H14F2N4/c18-13-7-5-12(6-8-13)10-20-16-9-17(22-11-21-16)23-15-4-2-1-3-14(15)19/h1-9,11H,10H2,(H2,20,21,22,23). The number of hydrogen-bond acceptors (Lipinski definition) is 4. The fraction of sp³-hybridized carbons (Fsp3) is 0.0588. The number of rotatable bonds is 5. The molecule has 0 aliphatic rings. The van der Waals surface area contributed by atoms with E-state index >= 15 is 0 Å². The molecule has 1 aromatic heterocycles. The van der Waals surface area contributed by atoms with Gasteiger partial charge in [-0.2, -0.15) is 0 Å². The number of hydrogen-bond donors (Lipinski definition) is 2. The van der Waals surface area contributed by atoms with E-state index in [9.17, 15) is 8.78 Å². The molecule has 0 aliphatic carbocycles. The molecule has 0 bridgehead atoms. The van der Waals surface area contributed by atoms with Crippen molar-refractivity contribution >= 4 is 17.3 Å². The summed E-state index contributed by atoms with van der Waals surface area (Å²) in [6.45, 7) is 0.496. The van der Waals surface area contributed by atoms with Crippen LogP contribution < -0.4 is 10.6 Å². The number of benzene rings is 2. The zero-order valence-electron chi connectivity index (χ0n) is 12.1. The van der Waals surface area contributed by atoms with Crippen LogP contribution in [0.2, 0.25) is 0 Å². The third-order valence-corrected chi connectivity index (χ3v) is 3.19. The lowest BCUT2D eigenvalue weighted by Crippen LogP contribution is -2.03. The van der Waals surface area contributed by atoms with Gasteiger partial charge in [-0.3, -0.25) is 0 Å². The lowest BCUT2D eigenvalue weighted by atomic mass is 10.2. The van der Waals surface area contributed by atoms with Crippen molar-refractivity contribution in [3.8, 4) is 0 Å². The first-order valence-corrected chi connectivity index (χ1v) is 7.02. The summed E-state index contributed by atoms with van der Waals surface area (Å²) in [5.41, 5.74) is 1.27. The number of aromatic nitrogens is 2. The molecule has 23 heavy (non-hydrogen) atoms. The molecule has 0 saturated carbocycles. The number of halogens is 2. The normalized spacial score (nSPS) is 10.3. The molecule has 1 heterocycles. The van der Waals surface area contributed by atoms with E-state index in [4.69, 9.17) is 0 Å². The average molecular weight is 312 g/mol. The summed E-state index contributed by atoms with van der Waals surface area (Å²) in [7, 11) is 0. The minimum absolute atomic E-state index is 0.271. The monoisotopic (exact) mass is 312 g/mol. The highest BCUT2D eigenvalue weighted by molar-refractivity contribution is 5.59. The van der Waals surface area contributed by atoms with Gasteiger partial charge in [0.15, 0.2) is 0 Å². The first-order valence-electron chi connectivity index (χ1n) is 7.02. The molecule has 0 unspecified atom stereocenters. The summed E-state index contributed by atoms with van der Waals surface area (Å²) in [4.78, 5) is 8.17. The van der Waals surface area contributed by atoms with E-state index < -0.39 is 0 Å². The van der Waals surface area contributed by atoms with Gasteiger partial charge in [-0.05, 0) is 29.8 Å². The van der Waals surface area contributed by atoms with Gasteiger partial charge in [0.2, 0.25) is 0 Å². The molecule has 4 nitrogen and oxygen atoms in total. The molecule has 0 aliphatic heterocycles. The molecule has 3 rings (SSSR count). The summed E-state index contributed by atoms with van der Waals surface area (Å²) >= 11 is 0. The molecule has 6 heteroatoms. The average Bonchev–Trinajstić information content (AvgIpc) is 2.57. The number of anilines is 3. The van der Waals surface area contributed by atoms with Crippen molar-refractivity contribution in [2.75, 3.05) is 10.6 Å². The second-order valence-corrected chi connectivity index (χ2v) is 4.87. The highest BCUT2D eigenvalue weighted by atomic mass is 19.1. The van der Waals surface area contributed by atoms with Gasteiger partial charge in [0, 0.05) is 12.6 Å². The van der Waals surface area contributed by atoms with Crippen LogP contribution >= 0.6 is 0 Å². The predicted molar refractivity (Wildman–Crippen MR) is 85.4 cm³/mol. The van der Waals surface area contributed by atoms with Crippen molar-refractivity contribution in [1.29, 1.82) is 0 Å². The summed E-state index contributed by atoms with van der Waals surface area (Å²) < 4.78 is 26.5. The Morgan fingerprint density at radius 3 is 2.39 bits per heavy atom. The molecule has 116 valence electrons. The first kappa shape index (κ1) is 14.9. The summed E-state index contributed by atoms with van der Waals surface area (Å²) in [6, 6.07) is 14.2. The Hall–Kier alpha value is -3.02. The van der Waals surface area contributed by atoms with Crippen LogP contribution in [-0.4, -0.2) is 9.97 Å². The summed E-state index contributed by atoms with van der Waals surface area (Å²) in [5.74, 6) is 0.439. The molecule has 3 aromatic rings. The molecule has 0 saturated heterocycles. The van der Waals surface area contributed by atoms with Gasteiger partial charge in [0.25, 0.3) is 0 Å². The molecule has 0 fully saturated rings. The maximum atomic E-state index is 13.6. The highest BCUT2D eigenvalue weighted by Gasteiger charge is 2.03. The minimum atomic E-state index is -0.355. The minimum Gasteiger partial charge on any atom is -0.366 e. The van der Waals surface area contributed by atoms with Gasteiger partial charge >= 0.3 is 0 Å². The van der Waals surface area contributed by atoms with Crippen LogP contribution in [0.15, 0.2) is 60.9 Å². The van der Waals surface area contributed by atoms with E-state index in [1.165, 1.54) is 24.5 Å². The number of nitrogens with zero attached hydrogens (tertiary/aromatic N) is 2. The van der Waals surface area contributed by atoms with E-state index in [-0.39, 0.29) is 11.6 Å². The largest absolute Gasteiger partial charge is 0.366 e. The molecule has 0 amide bonds. The Balaban J connectivity index is 1.67. The van der Waals surface area contributed by atoms with Crippen LogP contribution in [0.3, 0.4) is 0 Å². The maximum Gasteiger partial charge on any atom is 0.146 e. The fourth-order valence-electron chi connectivity index (χ4n) is 2.02. The van der Waals surface area contributed by atoms with Gasteiger partial charge < -0.3 is 10.6 Å². The molecular weight excluding hydrogens is 298 g/mol. The van der Waals surface area contributed by atoms with Gasteiger partial charge in [0.1, 0.15) is 29.6 Å². The molecule has 0 atom stereocenters. The lowest BCUT2D eigenvalue weighted by molar-refractivity contribution is 0.627.